The van der Waals surface area contributed by atoms with E-state index in [4.69, 9.17) is 0 Å². The van der Waals surface area contributed by atoms with E-state index < -0.39 is 11.8 Å². The molecule has 0 aliphatic carbocycles. The lowest BCUT2D eigenvalue weighted by Crippen LogP contribution is -2.29. The molecule has 2 aromatic rings. The second kappa shape index (κ2) is 6.67. The van der Waals surface area contributed by atoms with Crippen molar-refractivity contribution in [3.8, 4) is 0 Å². The second-order valence-corrected chi connectivity index (χ2v) is 4.91. The topological polar surface area (TPSA) is 75.3 Å². The van der Waals surface area contributed by atoms with Gasteiger partial charge in [-0.25, -0.2) is 0 Å². The maximum atomic E-state index is 11.9. The van der Waals surface area contributed by atoms with Crippen LogP contribution in [0.4, 0.5) is 11.4 Å². The molecule has 0 saturated carbocycles. The van der Waals surface area contributed by atoms with Crippen LogP contribution in [0.5, 0.6) is 0 Å². The highest BCUT2D eigenvalue weighted by molar-refractivity contribution is 6.43. The Morgan fingerprint density at radius 3 is 1.91 bits per heavy atom. The molecule has 2 aromatic carbocycles. The third-order valence-corrected chi connectivity index (χ3v) is 3.01. The van der Waals surface area contributed by atoms with Crippen LogP contribution < -0.4 is 10.6 Å². The first-order chi connectivity index (χ1) is 10.5. The van der Waals surface area contributed by atoms with Crippen LogP contribution in [0.15, 0.2) is 48.5 Å². The molecule has 0 aliphatic heterocycles. The number of amides is 2. The van der Waals surface area contributed by atoms with E-state index in [9.17, 15) is 14.4 Å². The van der Waals surface area contributed by atoms with Gasteiger partial charge in [0.15, 0.2) is 5.78 Å². The molecular weight excluding hydrogens is 280 g/mol. The zero-order valence-corrected chi connectivity index (χ0v) is 12.3. The monoisotopic (exact) mass is 296 g/mol. The number of ketones is 1. The predicted molar refractivity (Wildman–Crippen MR) is 84.9 cm³/mol. The van der Waals surface area contributed by atoms with Crippen LogP contribution in [-0.4, -0.2) is 17.6 Å². The standard InChI is InChI=1S/C17H16N2O3/c1-11-5-3-7-14(9-11)18-16(21)17(22)19-15-8-4-6-13(10-15)12(2)20/h3-10H,1-2H3,(H,18,21)(H,19,22). The molecule has 0 unspecified atom stereocenters. The minimum atomic E-state index is -0.790. The summed E-state index contributed by atoms with van der Waals surface area (Å²) in [5.41, 5.74) is 2.40. The number of aryl methyl sites for hydroxylation is 1. The number of rotatable bonds is 3. The molecule has 112 valence electrons. The molecule has 22 heavy (non-hydrogen) atoms. The van der Waals surface area contributed by atoms with Crippen molar-refractivity contribution in [2.45, 2.75) is 13.8 Å². The Labute approximate surface area is 128 Å². The van der Waals surface area contributed by atoms with Gasteiger partial charge in [-0.15, -0.1) is 0 Å². The number of nitrogens with one attached hydrogen (secondary N) is 2. The molecule has 0 aromatic heterocycles. The summed E-state index contributed by atoms with van der Waals surface area (Å²) in [5, 5.41) is 4.99. The largest absolute Gasteiger partial charge is 0.318 e. The Hall–Kier alpha value is -2.95. The van der Waals surface area contributed by atoms with E-state index in [1.165, 1.54) is 13.0 Å². The number of benzene rings is 2. The summed E-state index contributed by atoms with van der Waals surface area (Å²) >= 11 is 0. The number of carbonyl (C=O) groups is 3. The molecule has 2 N–H and O–H groups in total. The number of hydrogen-bond acceptors (Lipinski definition) is 3. The van der Waals surface area contributed by atoms with Gasteiger partial charge in [-0.2, -0.15) is 0 Å². The molecule has 0 bridgehead atoms. The van der Waals surface area contributed by atoms with E-state index in [0.717, 1.165) is 5.56 Å². The van der Waals surface area contributed by atoms with Crippen LogP contribution in [0.25, 0.3) is 0 Å². The summed E-state index contributed by atoms with van der Waals surface area (Å²) in [6, 6.07) is 13.6. The van der Waals surface area contributed by atoms with Crippen LogP contribution in [-0.2, 0) is 9.59 Å². The third-order valence-electron chi connectivity index (χ3n) is 3.01. The molecule has 2 amide bonds. The van der Waals surface area contributed by atoms with Crippen molar-refractivity contribution >= 4 is 29.0 Å². The van der Waals surface area contributed by atoms with E-state index >= 15 is 0 Å². The van der Waals surface area contributed by atoms with Crippen molar-refractivity contribution < 1.29 is 14.4 Å². The van der Waals surface area contributed by atoms with Crippen molar-refractivity contribution in [1.82, 2.24) is 0 Å². The molecular formula is C17H16N2O3. The van der Waals surface area contributed by atoms with E-state index in [1.54, 1.807) is 36.4 Å². The normalized spacial score (nSPS) is 9.91. The summed E-state index contributed by atoms with van der Waals surface area (Å²) in [7, 11) is 0. The smallest absolute Gasteiger partial charge is 0.314 e. The van der Waals surface area contributed by atoms with Crippen molar-refractivity contribution in [1.29, 1.82) is 0 Å². The Kier molecular flexibility index (Phi) is 4.68. The van der Waals surface area contributed by atoms with Crippen molar-refractivity contribution in [2.24, 2.45) is 0 Å². The maximum absolute atomic E-state index is 11.9. The van der Waals surface area contributed by atoms with Gasteiger partial charge in [-0.1, -0.05) is 24.3 Å². The summed E-state index contributed by atoms with van der Waals surface area (Å²) < 4.78 is 0. The molecule has 0 saturated heterocycles. The first-order valence-corrected chi connectivity index (χ1v) is 6.76. The fourth-order valence-electron chi connectivity index (χ4n) is 1.91. The quantitative estimate of drug-likeness (QED) is 0.675. The summed E-state index contributed by atoms with van der Waals surface area (Å²) in [4.78, 5) is 35.0. The van der Waals surface area contributed by atoms with Crippen LogP contribution >= 0.6 is 0 Å². The SMILES string of the molecule is CC(=O)c1cccc(NC(=O)C(=O)Nc2cccc(C)c2)c1. The zero-order chi connectivity index (χ0) is 16.1. The first kappa shape index (κ1) is 15.4. The van der Waals surface area contributed by atoms with Gasteiger partial charge in [0.05, 0.1) is 0 Å². The molecule has 0 spiro atoms. The van der Waals surface area contributed by atoms with Gasteiger partial charge in [0, 0.05) is 16.9 Å². The van der Waals surface area contributed by atoms with E-state index in [0.29, 0.717) is 16.9 Å². The zero-order valence-electron chi connectivity index (χ0n) is 12.3. The van der Waals surface area contributed by atoms with Crippen LogP contribution in [0.1, 0.15) is 22.8 Å². The fraction of sp³-hybridized carbons (Fsp3) is 0.118. The molecule has 5 nitrogen and oxygen atoms in total. The van der Waals surface area contributed by atoms with Crippen molar-refractivity contribution in [3.63, 3.8) is 0 Å². The molecule has 0 fully saturated rings. The van der Waals surface area contributed by atoms with Crippen LogP contribution in [0, 0.1) is 6.92 Å². The molecule has 0 aliphatic rings. The van der Waals surface area contributed by atoms with E-state index in [-0.39, 0.29) is 5.78 Å². The number of hydrogen-bond donors (Lipinski definition) is 2. The second-order valence-electron chi connectivity index (χ2n) is 4.91. The summed E-state index contributed by atoms with van der Waals surface area (Å²) in [5.74, 6) is -1.67. The lowest BCUT2D eigenvalue weighted by Gasteiger charge is -2.07. The fourth-order valence-corrected chi connectivity index (χ4v) is 1.91. The highest BCUT2D eigenvalue weighted by Crippen LogP contribution is 2.12. The van der Waals surface area contributed by atoms with Crippen molar-refractivity contribution in [2.75, 3.05) is 10.6 Å². The van der Waals surface area contributed by atoms with Crippen LogP contribution in [0.2, 0.25) is 0 Å². The van der Waals surface area contributed by atoms with Gasteiger partial charge in [-0.05, 0) is 43.7 Å². The lowest BCUT2D eigenvalue weighted by atomic mass is 10.1. The summed E-state index contributed by atoms with van der Waals surface area (Å²) in [6.07, 6.45) is 0. The van der Waals surface area contributed by atoms with E-state index in [2.05, 4.69) is 10.6 Å². The molecule has 5 heteroatoms. The lowest BCUT2D eigenvalue weighted by molar-refractivity contribution is -0.132. The molecule has 0 atom stereocenters. The minimum Gasteiger partial charge on any atom is -0.318 e. The molecule has 0 heterocycles. The van der Waals surface area contributed by atoms with Gasteiger partial charge in [0.1, 0.15) is 0 Å². The van der Waals surface area contributed by atoms with E-state index in [1.807, 2.05) is 13.0 Å². The van der Waals surface area contributed by atoms with Gasteiger partial charge < -0.3 is 10.6 Å². The highest BCUT2D eigenvalue weighted by atomic mass is 16.2. The Morgan fingerprint density at radius 2 is 1.36 bits per heavy atom. The third kappa shape index (κ3) is 4.02. The Morgan fingerprint density at radius 1 is 0.818 bits per heavy atom. The van der Waals surface area contributed by atoms with Crippen molar-refractivity contribution in [3.05, 3.63) is 59.7 Å². The van der Waals surface area contributed by atoms with Gasteiger partial charge >= 0.3 is 11.8 Å². The molecule has 0 radical (unpaired) electrons. The minimum absolute atomic E-state index is 0.111. The average molecular weight is 296 g/mol. The predicted octanol–water partition coefficient (Wildman–Crippen LogP) is 2.77. The first-order valence-electron chi connectivity index (χ1n) is 6.76. The number of anilines is 2. The van der Waals surface area contributed by atoms with Gasteiger partial charge in [0.25, 0.3) is 0 Å². The highest BCUT2D eigenvalue weighted by Gasteiger charge is 2.14. The number of Topliss-reactive ketones (excluding diaryl/α,β-unsaturated/α-hetero) is 1. The average Bonchev–Trinajstić information content (AvgIpc) is 2.47. The summed E-state index contributed by atoms with van der Waals surface area (Å²) in [6.45, 7) is 3.33. The molecule has 2 rings (SSSR count). The van der Waals surface area contributed by atoms with Crippen LogP contribution in [0.3, 0.4) is 0 Å². The van der Waals surface area contributed by atoms with Gasteiger partial charge in [0.2, 0.25) is 0 Å². The maximum Gasteiger partial charge on any atom is 0.314 e. The Balaban J connectivity index is 2.04. The number of carbonyl (C=O) groups excluding carboxylic acids is 3. The van der Waals surface area contributed by atoms with Gasteiger partial charge in [-0.3, -0.25) is 14.4 Å². The Bertz CT molecular complexity index is 738.